The number of carbonyl (C=O) groups excluding carboxylic acids is 1. The first kappa shape index (κ1) is 13.7. The molecule has 3 nitrogen and oxygen atoms in total. The van der Waals surface area contributed by atoms with Crippen LogP contribution in [0.25, 0.3) is 0 Å². The average molecular weight is 237 g/mol. The molecule has 0 radical (unpaired) electrons. The summed E-state index contributed by atoms with van der Waals surface area (Å²) in [6.45, 7) is 1.46. The van der Waals surface area contributed by atoms with Crippen molar-refractivity contribution in [1.82, 2.24) is 4.90 Å². The Hall–Kier alpha value is -0.753. The van der Waals surface area contributed by atoms with E-state index in [1.807, 2.05) is 18.2 Å². The van der Waals surface area contributed by atoms with Gasteiger partial charge in [0.1, 0.15) is 6.61 Å². The minimum Gasteiger partial charge on any atom is -0.464 e. The SMILES string of the molecule is O=C1OC[C@@H](c2ccccc2)N2CCC[CH-]C12.[Li+]. The van der Waals surface area contributed by atoms with Crippen molar-refractivity contribution in [3.05, 3.63) is 42.3 Å². The fourth-order valence-electron chi connectivity index (χ4n) is 2.71. The van der Waals surface area contributed by atoms with Gasteiger partial charge in [0.25, 0.3) is 5.97 Å². The Balaban J connectivity index is 0.00000120. The summed E-state index contributed by atoms with van der Waals surface area (Å²) < 4.78 is 5.30. The zero-order chi connectivity index (χ0) is 11.7. The molecular weight excluding hydrogens is 221 g/mol. The molecule has 0 spiro atoms. The number of cyclic esters (lactones) is 1. The van der Waals surface area contributed by atoms with E-state index in [9.17, 15) is 4.79 Å². The van der Waals surface area contributed by atoms with E-state index in [-0.39, 0.29) is 36.9 Å². The molecule has 18 heavy (non-hydrogen) atoms. The molecule has 4 heteroatoms. The number of fused-ring (bicyclic) bond motifs is 1. The van der Waals surface area contributed by atoms with Crippen LogP contribution in [-0.2, 0) is 9.53 Å². The molecule has 2 aliphatic rings. The average Bonchev–Trinajstić information content (AvgIpc) is 2.41. The fraction of sp³-hybridized carbons (Fsp3) is 0.429. The van der Waals surface area contributed by atoms with E-state index >= 15 is 0 Å². The van der Waals surface area contributed by atoms with Gasteiger partial charge >= 0.3 is 18.9 Å². The minimum atomic E-state index is -0.136. The van der Waals surface area contributed by atoms with Crippen LogP contribution in [-0.4, -0.2) is 30.1 Å². The Morgan fingerprint density at radius 1 is 1.28 bits per heavy atom. The van der Waals surface area contributed by atoms with Gasteiger partial charge in [-0.25, -0.2) is 0 Å². The molecule has 0 saturated carbocycles. The molecule has 0 amide bonds. The molecule has 1 aromatic rings. The third kappa shape index (κ3) is 2.49. The van der Waals surface area contributed by atoms with Gasteiger partial charge in [-0.05, 0) is 18.2 Å². The first-order valence-corrected chi connectivity index (χ1v) is 6.17. The molecule has 0 N–H and O–H groups in total. The van der Waals surface area contributed by atoms with E-state index in [4.69, 9.17) is 4.74 Å². The molecular formula is C14H16LiNO2. The summed E-state index contributed by atoms with van der Waals surface area (Å²) in [5.74, 6) is -0.0862. The topological polar surface area (TPSA) is 29.5 Å². The van der Waals surface area contributed by atoms with Crippen LogP contribution in [0.5, 0.6) is 0 Å². The molecule has 1 unspecified atom stereocenters. The molecule has 2 fully saturated rings. The number of rotatable bonds is 1. The zero-order valence-corrected chi connectivity index (χ0v) is 10.7. The van der Waals surface area contributed by atoms with Crippen molar-refractivity contribution < 1.29 is 28.4 Å². The van der Waals surface area contributed by atoms with E-state index in [2.05, 4.69) is 23.5 Å². The summed E-state index contributed by atoms with van der Waals surface area (Å²) in [5, 5.41) is 0. The largest absolute Gasteiger partial charge is 1.00 e. The standard InChI is InChI=1S/C14H16NO2.Li/c16-14-12-8-4-5-9-15(12)13(10-17-14)11-6-2-1-3-7-11;/h1-3,6-8,12-13H,4-5,9-10H2;/q-1;+1/t12?,13-;/m0./s1. The number of nitrogens with zero attached hydrogens (tertiary/aromatic N) is 1. The first-order valence-electron chi connectivity index (χ1n) is 6.17. The smallest absolute Gasteiger partial charge is 0.464 e. The van der Waals surface area contributed by atoms with E-state index in [0.717, 1.165) is 19.4 Å². The number of piperidine rings is 1. The Morgan fingerprint density at radius 2 is 2.06 bits per heavy atom. The second-order valence-electron chi connectivity index (χ2n) is 4.62. The van der Waals surface area contributed by atoms with Crippen LogP contribution in [0.15, 0.2) is 30.3 Å². The molecule has 2 saturated heterocycles. The maximum absolute atomic E-state index is 11.7. The van der Waals surface area contributed by atoms with Gasteiger partial charge in [0.15, 0.2) is 0 Å². The van der Waals surface area contributed by atoms with Gasteiger partial charge in [0, 0.05) is 0 Å². The Bertz CT molecular complexity index is 410. The van der Waals surface area contributed by atoms with Crippen molar-refractivity contribution in [3.63, 3.8) is 0 Å². The zero-order valence-electron chi connectivity index (χ0n) is 10.7. The maximum Gasteiger partial charge on any atom is 1.00 e. The number of benzene rings is 1. The van der Waals surface area contributed by atoms with Gasteiger partial charge < -0.3 is 16.1 Å². The summed E-state index contributed by atoms with van der Waals surface area (Å²) in [6.07, 6.45) is 4.23. The molecule has 2 heterocycles. The number of ether oxygens (including phenoxy) is 1. The van der Waals surface area contributed by atoms with Gasteiger partial charge in [-0.15, -0.1) is 0 Å². The Kier molecular flexibility index (Phi) is 4.50. The fourth-order valence-corrected chi connectivity index (χ4v) is 2.71. The third-order valence-corrected chi connectivity index (χ3v) is 3.58. The molecule has 0 aliphatic carbocycles. The maximum atomic E-state index is 11.7. The molecule has 0 bridgehead atoms. The quantitative estimate of drug-likeness (QED) is 0.355. The molecule has 1 aromatic carbocycles. The predicted molar refractivity (Wildman–Crippen MR) is 64.2 cm³/mol. The predicted octanol–water partition coefficient (Wildman–Crippen LogP) is -1.04. The Labute approximate surface area is 120 Å². The van der Waals surface area contributed by atoms with Gasteiger partial charge in [0.2, 0.25) is 0 Å². The summed E-state index contributed by atoms with van der Waals surface area (Å²) >= 11 is 0. The second kappa shape index (κ2) is 5.93. The van der Waals surface area contributed by atoms with Crippen molar-refractivity contribution in [2.45, 2.75) is 24.9 Å². The molecule has 90 valence electrons. The van der Waals surface area contributed by atoms with Crippen LogP contribution >= 0.6 is 0 Å². The van der Waals surface area contributed by atoms with Crippen molar-refractivity contribution in [1.29, 1.82) is 0 Å². The van der Waals surface area contributed by atoms with Crippen molar-refractivity contribution in [2.75, 3.05) is 13.2 Å². The van der Waals surface area contributed by atoms with Gasteiger partial charge in [-0.1, -0.05) is 36.8 Å². The van der Waals surface area contributed by atoms with Crippen LogP contribution < -0.4 is 18.9 Å². The van der Waals surface area contributed by atoms with E-state index in [0.29, 0.717) is 6.61 Å². The normalized spacial score (nSPS) is 27.9. The molecule has 2 aliphatic heterocycles. The number of hydrogen-bond acceptors (Lipinski definition) is 3. The summed E-state index contributed by atoms with van der Waals surface area (Å²) in [7, 11) is 0. The molecule has 3 rings (SSSR count). The summed E-state index contributed by atoms with van der Waals surface area (Å²) in [4.78, 5) is 14.0. The number of carbonyl (C=O) groups is 1. The van der Waals surface area contributed by atoms with Crippen LogP contribution in [0.2, 0.25) is 0 Å². The van der Waals surface area contributed by atoms with Crippen molar-refractivity contribution in [2.24, 2.45) is 0 Å². The van der Waals surface area contributed by atoms with E-state index < -0.39 is 0 Å². The third-order valence-electron chi connectivity index (χ3n) is 3.58. The van der Waals surface area contributed by atoms with Gasteiger partial charge in [-0.3, -0.25) is 4.79 Å². The van der Waals surface area contributed by atoms with Gasteiger partial charge in [-0.2, -0.15) is 6.42 Å². The minimum absolute atomic E-state index is 0. The summed E-state index contributed by atoms with van der Waals surface area (Å²) in [5.41, 5.74) is 1.24. The number of esters is 1. The van der Waals surface area contributed by atoms with Crippen LogP contribution in [0.4, 0.5) is 0 Å². The summed E-state index contributed by atoms with van der Waals surface area (Å²) in [6, 6.07) is 10.4. The van der Waals surface area contributed by atoms with E-state index in [1.54, 1.807) is 0 Å². The number of morpholine rings is 1. The van der Waals surface area contributed by atoms with Crippen LogP contribution in [0, 0.1) is 6.42 Å². The van der Waals surface area contributed by atoms with Crippen LogP contribution in [0.1, 0.15) is 24.4 Å². The molecule has 2 atom stereocenters. The van der Waals surface area contributed by atoms with E-state index in [1.165, 1.54) is 5.56 Å². The van der Waals surface area contributed by atoms with Gasteiger partial charge in [0.05, 0.1) is 6.04 Å². The number of hydrogen-bond donors (Lipinski definition) is 0. The molecule has 0 aromatic heterocycles. The Morgan fingerprint density at radius 3 is 2.83 bits per heavy atom. The van der Waals surface area contributed by atoms with Crippen molar-refractivity contribution in [3.8, 4) is 0 Å². The second-order valence-corrected chi connectivity index (χ2v) is 4.62. The van der Waals surface area contributed by atoms with Crippen LogP contribution in [0.3, 0.4) is 0 Å². The monoisotopic (exact) mass is 237 g/mol. The first-order chi connectivity index (χ1) is 8.36. The van der Waals surface area contributed by atoms with Crippen molar-refractivity contribution >= 4 is 5.97 Å².